The molecule has 0 fully saturated rings. The average Bonchev–Trinajstić information content (AvgIpc) is 2.42. The fourth-order valence-corrected chi connectivity index (χ4v) is 1.60. The first-order valence-corrected chi connectivity index (χ1v) is 6.02. The van der Waals surface area contributed by atoms with Gasteiger partial charge in [-0.3, -0.25) is 4.99 Å². The number of aliphatic imine (C=N–C) groups is 1. The van der Waals surface area contributed by atoms with Gasteiger partial charge < -0.3 is 9.84 Å². The van der Waals surface area contributed by atoms with Gasteiger partial charge in [-0.15, -0.1) is 0 Å². The third-order valence-corrected chi connectivity index (χ3v) is 2.98. The molecule has 0 saturated carbocycles. The maximum absolute atomic E-state index is 11.5. The summed E-state index contributed by atoms with van der Waals surface area (Å²) in [4.78, 5) is 15.7. The van der Waals surface area contributed by atoms with E-state index in [9.17, 15) is 9.90 Å². The van der Waals surface area contributed by atoms with Crippen LogP contribution in [0.2, 0.25) is 0 Å². The number of aliphatic hydroxyl groups excluding tert-OH is 1. The number of esters is 1. The highest BCUT2D eigenvalue weighted by Gasteiger charge is 2.38. The van der Waals surface area contributed by atoms with Gasteiger partial charge in [0.1, 0.15) is 11.3 Å². The number of carbonyl (C=O) groups is 1. The Kier molecular flexibility index (Phi) is 4.87. The van der Waals surface area contributed by atoms with Crippen LogP contribution in [0.25, 0.3) is 0 Å². The van der Waals surface area contributed by atoms with Crippen molar-refractivity contribution in [3.63, 3.8) is 0 Å². The van der Waals surface area contributed by atoms with Crippen LogP contribution in [-0.4, -0.2) is 23.9 Å². The fraction of sp³-hybridized carbons (Fsp3) is 0.333. The Morgan fingerprint density at radius 3 is 2.63 bits per heavy atom. The fourth-order valence-electron chi connectivity index (χ4n) is 1.60. The number of nitrogens with zero attached hydrogens (tertiary/aromatic N) is 1. The lowest BCUT2D eigenvalue weighted by atomic mass is 9.82. The Balaban J connectivity index is 2.92. The van der Waals surface area contributed by atoms with E-state index in [-0.39, 0.29) is 17.3 Å². The summed E-state index contributed by atoms with van der Waals surface area (Å²) in [5.41, 5.74) is 2.27. The predicted octanol–water partition coefficient (Wildman–Crippen LogP) is 3.10. The lowest BCUT2D eigenvalue weighted by molar-refractivity contribution is -0.136. The second-order valence-electron chi connectivity index (χ2n) is 4.33. The molecule has 4 heteroatoms. The topological polar surface area (TPSA) is 58.9 Å². The third kappa shape index (κ3) is 3.22. The van der Waals surface area contributed by atoms with E-state index in [2.05, 4.69) is 16.3 Å². The molecule has 0 heterocycles. The van der Waals surface area contributed by atoms with Gasteiger partial charge in [0, 0.05) is 0 Å². The normalized spacial score (nSPS) is 21.8. The van der Waals surface area contributed by atoms with E-state index in [1.54, 1.807) is 13.0 Å². The minimum Gasteiger partial charge on any atom is -0.511 e. The van der Waals surface area contributed by atoms with E-state index in [4.69, 9.17) is 0 Å². The zero-order valence-corrected chi connectivity index (χ0v) is 11.7. The van der Waals surface area contributed by atoms with Gasteiger partial charge in [0.05, 0.1) is 24.4 Å². The van der Waals surface area contributed by atoms with Gasteiger partial charge in [-0.05, 0) is 26.8 Å². The molecule has 1 aliphatic rings. The summed E-state index contributed by atoms with van der Waals surface area (Å²) in [7, 11) is 1.27. The van der Waals surface area contributed by atoms with E-state index in [1.165, 1.54) is 7.11 Å². The Morgan fingerprint density at radius 1 is 1.47 bits per heavy atom. The monoisotopic (exact) mass is 261 g/mol. The second-order valence-corrected chi connectivity index (χ2v) is 4.33. The number of carbonyl (C=O) groups excluding carboxylic acids is 1. The van der Waals surface area contributed by atoms with Crippen LogP contribution in [0.5, 0.6) is 0 Å². The highest BCUT2D eigenvalue weighted by molar-refractivity contribution is 6.26. The Hall–Kier alpha value is -2.10. The molecule has 0 saturated heterocycles. The van der Waals surface area contributed by atoms with Crippen molar-refractivity contribution in [2.75, 3.05) is 7.11 Å². The highest BCUT2D eigenvalue weighted by Crippen LogP contribution is 2.31. The van der Waals surface area contributed by atoms with Crippen molar-refractivity contribution in [1.29, 1.82) is 0 Å². The Morgan fingerprint density at radius 2 is 2.11 bits per heavy atom. The van der Waals surface area contributed by atoms with Crippen LogP contribution in [0.3, 0.4) is 0 Å². The van der Waals surface area contributed by atoms with Crippen molar-refractivity contribution in [3.05, 3.63) is 47.4 Å². The maximum atomic E-state index is 11.5. The van der Waals surface area contributed by atoms with E-state index >= 15 is 0 Å². The molecule has 4 nitrogen and oxygen atoms in total. The molecule has 0 aromatic rings. The van der Waals surface area contributed by atoms with Crippen molar-refractivity contribution < 1.29 is 14.6 Å². The largest absolute Gasteiger partial charge is 0.511 e. The molecule has 1 rings (SSSR count). The summed E-state index contributed by atoms with van der Waals surface area (Å²) in [5.74, 6) is -0.815. The maximum Gasteiger partial charge on any atom is 0.343 e. The Labute approximate surface area is 113 Å². The van der Waals surface area contributed by atoms with Gasteiger partial charge in [0.15, 0.2) is 0 Å². The smallest absolute Gasteiger partial charge is 0.343 e. The van der Waals surface area contributed by atoms with E-state index in [0.717, 1.165) is 5.57 Å². The quantitative estimate of drug-likeness (QED) is 0.625. The van der Waals surface area contributed by atoms with Gasteiger partial charge in [-0.25, -0.2) is 4.79 Å². The van der Waals surface area contributed by atoms with Gasteiger partial charge in [-0.2, -0.15) is 0 Å². The van der Waals surface area contributed by atoms with Crippen molar-refractivity contribution >= 4 is 11.7 Å². The lowest BCUT2D eigenvalue weighted by Crippen LogP contribution is -2.34. The van der Waals surface area contributed by atoms with E-state index < -0.39 is 5.97 Å². The van der Waals surface area contributed by atoms with E-state index in [1.807, 2.05) is 26.0 Å². The zero-order chi connectivity index (χ0) is 14.6. The first kappa shape index (κ1) is 15.0. The Bertz CT molecular complexity index is 522. The summed E-state index contributed by atoms with van der Waals surface area (Å²) in [6.07, 6.45) is 5.62. The number of allylic oxidation sites excluding steroid dienone is 5. The van der Waals surface area contributed by atoms with Gasteiger partial charge in [0.2, 0.25) is 0 Å². The molecule has 1 aliphatic carbocycles. The van der Waals surface area contributed by atoms with Gasteiger partial charge in [-0.1, -0.05) is 24.3 Å². The van der Waals surface area contributed by atoms with Crippen LogP contribution in [0.15, 0.2) is 52.4 Å². The predicted molar refractivity (Wildman–Crippen MR) is 76.0 cm³/mol. The SMILES string of the molecule is C=C(/C=C\C(C)=C/C)N=C1C(C(=O)OC)=C(O)[C@@H]1C. The average molecular weight is 261 g/mol. The van der Waals surface area contributed by atoms with Crippen LogP contribution in [0.1, 0.15) is 20.8 Å². The molecular formula is C15H19NO3. The molecule has 0 amide bonds. The standard InChI is InChI=1S/C15H19NO3/c1-6-9(2)7-8-10(3)16-13-11(4)14(17)12(13)15(18)19-5/h6-8,11,17H,3H2,1-2,4-5H3/b8-7-,9-6-,16-13?/t11-/m1/s1. The number of aliphatic hydroxyl groups is 1. The summed E-state index contributed by atoms with van der Waals surface area (Å²) < 4.78 is 4.61. The minimum atomic E-state index is -0.573. The molecular weight excluding hydrogens is 242 g/mol. The minimum absolute atomic E-state index is 0.0204. The van der Waals surface area contributed by atoms with Gasteiger partial charge >= 0.3 is 5.97 Å². The van der Waals surface area contributed by atoms with Crippen LogP contribution in [0, 0.1) is 5.92 Å². The summed E-state index contributed by atoms with van der Waals surface area (Å²) >= 11 is 0. The molecule has 0 aliphatic heterocycles. The summed E-state index contributed by atoms with van der Waals surface area (Å²) in [6, 6.07) is 0. The van der Waals surface area contributed by atoms with Crippen LogP contribution >= 0.6 is 0 Å². The molecule has 0 spiro atoms. The van der Waals surface area contributed by atoms with Crippen molar-refractivity contribution in [1.82, 2.24) is 0 Å². The molecule has 0 bridgehead atoms. The van der Waals surface area contributed by atoms with Crippen molar-refractivity contribution in [2.45, 2.75) is 20.8 Å². The highest BCUT2D eigenvalue weighted by atomic mass is 16.5. The second kappa shape index (κ2) is 6.18. The van der Waals surface area contributed by atoms with Crippen LogP contribution < -0.4 is 0 Å². The number of rotatable bonds is 4. The van der Waals surface area contributed by atoms with Crippen LogP contribution in [0.4, 0.5) is 0 Å². The number of methoxy groups -OCH3 is 1. The lowest BCUT2D eigenvalue weighted by Gasteiger charge is -2.26. The number of hydrogen-bond acceptors (Lipinski definition) is 4. The van der Waals surface area contributed by atoms with E-state index in [0.29, 0.717) is 11.4 Å². The molecule has 0 unspecified atom stereocenters. The molecule has 0 aromatic heterocycles. The molecule has 0 aromatic carbocycles. The first-order chi connectivity index (χ1) is 8.92. The zero-order valence-electron chi connectivity index (χ0n) is 11.7. The molecule has 1 N–H and O–H groups in total. The number of hydrogen-bond donors (Lipinski definition) is 1. The summed E-state index contributed by atoms with van der Waals surface area (Å²) in [6.45, 7) is 9.49. The number of ether oxygens (including phenoxy) is 1. The molecule has 0 radical (unpaired) electrons. The first-order valence-electron chi connectivity index (χ1n) is 6.02. The van der Waals surface area contributed by atoms with Crippen molar-refractivity contribution in [2.24, 2.45) is 10.9 Å². The molecule has 102 valence electrons. The molecule has 19 heavy (non-hydrogen) atoms. The summed E-state index contributed by atoms with van der Waals surface area (Å²) in [5, 5.41) is 9.66. The molecule has 1 atom stereocenters. The van der Waals surface area contributed by atoms with Crippen LogP contribution in [-0.2, 0) is 9.53 Å². The van der Waals surface area contributed by atoms with Crippen molar-refractivity contribution in [3.8, 4) is 0 Å². The third-order valence-electron chi connectivity index (χ3n) is 2.98. The van der Waals surface area contributed by atoms with Gasteiger partial charge in [0.25, 0.3) is 0 Å².